The molecular formula is C14H21FN2O2S. The average Bonchev–Trinajstić information content (AvgIpc) is 2.38. The number of sulfonamides is 1. The van der Waals surface area contributed by atoms with Crippen LogP contribution in [0.15, 0.2) is 23.1 Å². The van der Waals surface area contributed by atoms with E-state index >= 15 is 0 Å². The molecule has 0 aromatic heterocycles. The van der Waals surface area contributed by atoms with E-state index in [1.165, 1.54) is 38.2 Å². The highest BCUT2D eigenvalue weighted by Gasteiger charge is 2.17. The van der Waals surface area contributed by atoms with E-state index in [0.29, 0.717) is 12.5 Å². The van der Waals surface area contributed by atoms with E-state index in [1.807, 2.05) is 0 Å². The summed E-state index contributed by atoms with van der Waals surface area (Å²) >= 11 is 0. The molecule has 0 spiro atoms. The molecule has 2 rings (SSSR count). The summed E-state index contributed by atoms with van der Waals surface area (Å²) in [5, 5.41) is 0. The minimum Gasteiger partial charge on any atom is -0.399 e. The molecule has 1 fully saturated rings. The Hall–Kier alpha value is -1.14. The fourth-order valence-electron chi connectivity index (χ4n) is 2.70. The minimum atomic E-state index is -3.68. The van der Waals surface area contributed by atoms with Crippen LogP contribution < -0.4 is 10.5 Å². The largest absolute Gasteiger partial charge is 0.399 e. The first-order chi connectivity index (χ1) is 9.47. The van der Waals surface area contributed by atoms with Crippen LogP contribution in [0.4, 0.5) is 10.1 Å². The summed E-state index contributed by atoms with van der Waals surface area (Å²) in [4.78, 5) is -0.112. The number of nitrogens with two attached hydrogens (primary N) is 1. The third-order valence-electron chi connectivity index (χ3n) is 3.77. The first kappa shape index (κ1) is 15.3. The second-order valence-electron chi connectivity index (χ2n) is 5.41. The number of nitrogen functional groups attached to an aromatic ring is 1. The summed E-state index contributed by atoms with van der Waals surface area (Å²) in [5.74, 6) is -0.0401. The number of benzene rings is 1. The number of halogens is 1. The zero-order chi connectivity index (χ0) is 14.6. The predicted octanol–water partition coefficient (Wildman–Crippen LogP) is 2.66. The van der Waals surface area contributed by atoms with E-state index in [4.69, 9.17) is 5.73 Å². The van der Waals surface area contributed by atoms with Crippen molar-refractivity contribution in [1.82, 2.24) is 4.72 Å². The van der Waals surface area contributed by atoms with Gasteiger partial charge in [0.25, 0.3) is 0 Å². The summed E-state index contributed by atoms with van der Waals surface area (Å²) < 4.78 is 39.8. The SMILES string of the molecule is Nc1cc(F)cc(S(=O)(=O)NCCC2CCCCC2)c1. The van der Waals surface area contributed by atoms with Crippen LogP contribution in [0, 0.1) is 11.7 Å². The zero-order valence-corrected chi connectivity index (χ0v) is 12.3. The summed E-state index contributed by atoms with van der Waals surface area (Å²) in [5.41, 5.74) is 5.58. The van der Waals surface area contributed by atoms with Gasteiger partial charge in [0.15, 0.2) is 0 Å². The maximum atomic E-state index is 13.2. The predicted molar refractivity (Wildman–Crippen MR) is 77.2 cm³/mol. The van der Waals surface area contributed by atoms with E-state index in [1.54, 1.807) is 0 Å². The molecule has 0 amide bonds. The van der Waals surface area contributed by atoms with Gasteiger partial charge in [-0.05, 0) is 30.5 Å². The van der Waals surface area contributed by atoms with Crippen LogP contribution in [-0.2, 0) is 10.0 Å². The highest BCUT2D eigenvalue weighted by atomic mass is 32.2. The topological polar surface area (TPSA) is 72.2 Å². The van der Waals surface area contributed by atoms with Gasteiger partial charge in [-0.3, -0.25) is 0 Å². The maximum absolute atomic E-state index is 13.2. The molecule has 0 heterocycles. The van der Waals surface area contributed by atoms with Gasteiger partial charge in [0.1, 0.15) is 5.82 Å². The first-order valence-electron chi connectivity index (χ1n) is 7.03. The molecule has 6 heteroatoms. The molecule has 1 saturated carbocycles. The quantitative estimate of drug-likeness (QED) is 0.821. The van der Waals surface area contributed by atoms with Crippen LogP contribution in [-0.4, -0.2) is 15.0 Å². The lowest BCUT2D eigenvalue weighted by atomic mass is 9.87. The third kappa shape index (κ3) is 4.18. The summed E-state index contributed by atoms with van der Waals surface area (Å²) in [6, 6.07) is 3.35. The van der Waals surface area contributed by atoms with Crippen LogP contribution in [0.1, 0.15) is 38.5 Å². The molecule has 1 aromatic rings. The molecule has 4 nitrogen and oxygen atoms in total. The molecule has 0 aliphatic heterocycles. The fraction of sp³-hybridized carbons (Fsp3) is 0.571. The number of rotatable bonds is 5. The summed E-state index contributed by atoms with van der Waals surface area (Å²) in [6.45, 7) is 0.392. The molecule has 1 aliphatic carbocycles. The Balaban J connectivity index is 1.93. The van der Waals surface area contributed by atoms with Crippen molar-refractivity contribution in [3.63, 3.8) is 0 Å². The van der Waals surface area contributed by atoms with Gasteiger partial charge in [0.05, 0.1) is 4.90 Å². The normalized spacial score (nSPS) is 17.2. The van der Waals surface area contributed by atoms with Gasteiger partial charge in [0.2, 0.25) is 10.0 Å². The average molecular weight is 300 g/mol. The molecule has 3 N–H and O–H groups in total. The molecule has 0 radical (unpaired) electrons. The second-order valence-corrected chi connectivity index (χ2v) is 7.18. The molecule has 20 heavy (non-hydrogen) atoms. The standard InChI is InChI=1S/C14H21FN2O2S/c15-12-8-13(16)10-14(9-12)20(18,19)17-7-6-11-4-2-1-3-5-11/h8-11,17H,1-7,16H2. The van der Waals surface area contributed by atoms with Crippen molar-refractivity contribution in [3.8, 4) is 0 Å². The van der Waals surface area contributed by atoms with Crippen molar-refractivity contribution in [2.75, 3.05) is 12.3 Å². The Morgan fingerprint density at radius 2 is 1.90 bits per heavy atom. The van der Waals surface area contributed by atoms with Crippen LogP contribution in [0.25, 0.3) is 0 Å². The molecule has 0 bridgehead atoms. The molecule has 0 atom stereocenters. The van der Waals surface area contributed by atoms with Gasteiger partial charge >= 0.3 is 0 Å². The highest BCUT2D eigenvalue weighted by molar-refractivity contribution is 7.89. The zero-order valence-electron chi connectivity index (χ0n) is 11.4. The lowest BCUT2D eigenvalue weighted by Crippen LogP contribution is -2.26. The Morgan fingerprint density at radius 1 is 1.20 bits per heavy atom. The van der Waals surface area contributed by atoms with Crippen molar-refractivity contribution >= 4 is 15.7 Å². The van der Waals surface area contributed by atoms with E-state index in [-0.39, 0.29) is 10.6 Å². The maximum Gasteiger partial charge on any atom is 0.240 e. The van der Waals surface area contributed by atoms with Crippen LogP contribution in [0.3, 0.4) is 0 Å². The Labute approximate surface area is 119 Å². The number of hydrogen-bond donors (Lipinski definition) is 2. The third-order valence-corrected chi connectivity index (χ3v) is 5.21. The first-order valence-corrected chi connectivity index (χ1v) is 8.51. The molecule has 0 unspecified atom stereocenters. The van der Waals surface area contributed by atoms with Crippen LogP contribution >= 0.6 is 0 Å². The molecule has 112 valence electrons. The van der Waals surface area contributed by atoms with Crippen molar-refractivity contribution in [2.24, 2.45) is 5.92 Å². The van der Waals surface area contributed by atoms with E-state index in [0.717, 1.165) is 18.6 Å². The monoisotopic (exact) mass is 300 g/mol. The summed E-state index contributed by atoms with van der Waals surface area (Å²) in [6.07, 6.45) is 6.94. The molecular weight excluding hydrogens is 279 g/mol. The van der Waals surface area contributed by atoms with Crippen molar-refractivity contribution < 1.29 is 12.8 Å². The Morgan fingerprint density at radius 3 is 2.55 bits per heavy atom. The van der Waals surface area contributed by atoms with Crippen molar-refractivity contribution in [2.45, 2.75) is 43.4 Å². The number of anilines is 1. The van der Waals surface area contributed by atoms with Crippen molar-refractivity contribution in [3.05, 3.63) is 24.0 Å². The second kappa shape index (κ2) is 6.54. The van der Waals surface area contributed by atoms with Gasteiger partial charge in [-0.1, -0.05) is 32.1 Å². The Bertz CT molecular complexity index is 534. The molecule has 0 saturated heterocycles. The molecule has 1 aromatic carbocycles. The number of hydrogen-bond acceptors (Lipinski definition) is 3. The van der Waals surface area contributed by atoms with Gasteiger partial charge in [0, 0.05) is 12.2 Å². The summed E-state index contributed by atoms with van der Waals surface area (Å²) in [7, 11) is -3.68. The van der Waals surface area contributed by atoms with Gasteiger partial charge in [-0.25, -0.2) is 17.5 Å². The van der Waals surface area contributed by atoms with E-state index in [2.05, 4.69) is 4.72 Å². The number of nitrogens with one attached hydrogen (secondary N) is 1. The smallest absolute Gasteiger partial charge is 0.240 e. The highest BCUT2D eigenvalue weighted by Crippen LogP contribution is 2.26. The van der Waals surface area contributed by atoms with Crippen LogP contribution in [0.2, 0.25) is 0 Å². The lowest BCUT2D eigenvalue weighted by Gasteiger charge is -2.21. The van der Waals surface area contributed by atoms with Crippen molar-refractivity contribution in [1.29, 1.82) is 0 Å². The van der Waals surface area contributed by atoms with E-state index < -0.39 is 15.8 Å². The Kier molecular flexibility index (Phi) is 4.99. The molecule has 1 aliphatic rings. The van der Waals surface area contributed by atoms with Gasteiger partial charge in [-0.2, -0.15) is 0 Å². The minimum absolute atomic E-state index is 0.109. The van der Waals surface area contributed by atoms with Gasteiger partial charge < -0.3 is 5.73 Å². The lowest BCUT2D eigenvalue weighted by molar-refractivity contribution is 0.339. The van der Waals surface area contributed by atoms with E-state index in [9.17, 15) is 12.8 Å². The van der Waals surface area contributed by atoms with Gasteiger partial charge in [-0.15, -0.1) is 0 Å². The van der Waals surface area contributed by atoms with Crippen LogP contribution in [0.5, 0.6) is 0 Å². The fourth-order valence-corrected chi connectivity index (χ4v) is 3.81.